The Kier molecular flexibility index (Phi) is 6.11. The van der Waals surface area contributed by atoms with Crippen molar-refractivity contribution in [2.24, 2.45) is 17.6 Å². The number of carbonyl (C=O) groups is 3. The topological polar surface area (TPSA) is 101 Å². The molecule has 1 fully saturated rings. The number of fused-ring (bicyclic) bond motifs is 1. The maximum absolute atomic E-state index is 13.1. The molecule has 3 amide bonds. The summed E-state index contributed by atoms with van der Waals surface area (Å²) in [5.74, 6) is -1.79. The van der Waals surface area contributed by atoms with Crippen LogP contribution in [0.2, 0.25) is 5.02 Å². The zero-order chi connectivity index (χ0) is 21.3. The minimum atomic E-state index is -0.447. The van der Waals surface area contributed by atoms with Gasteiger partial charge >= 0.3 is 0 Å². The van der Waals surface area contributed by atoms with E-state index in [4.69, 9.17) is 17.3 Å². The molecule has 1 heterocycles. The normalized spacial score (nSPS) is 20.4. The van der Waals surface area contributed by atoms with E-state index >= 15 is 0 Å². The molecule has 30 heavy (non-hydrogen) atoms. The third-order valence-electron chi connectivity index (χ3n) is 5.96. The molecular weight excluding hydrogens is 422 g/mol. The summed E-state index contributed by atoms with van der Waals surface area (Å²) in [6, 6.07) is 6.91. The number of anilines is 2. The molecule has 2 atom stereocenters. The summed E-state index contributed by atoms with van der Waals surface area (Å²) in [5, 5.41) is 7.02. The van der Waals surface area contributed by atoms with Crippen molar-refractivity contribution < 1.29 is 14.4 Å². The first kappa shape index (κ1) is 20.9. The molecule has 4 rings (SSSR count). The fraction of sp³-hybridized carbons (Fsp3) is 0.409. The van der Waals surface area contributed by atoms with E-state index < -0.39 is 17.7 Å². The molecule has 0 spiro atoms. The molecular formula is C22H24ClN3O3S. The number of amides is 3. The van der Waals surface area contributed by atoms with Gasteiger partial charge in [0.15, 0.2) is 0 Å². The van der Waals surface area contributed by atoms with Crippen molar-refractivity contribution in [1.82, 2.24) is 0 Å². The SMILES string of the molecule is NC(=O)C1CCCCC1C(=O)Nc1sc2c(c1C(=O)Nc1ccc(Cl)cc1)CCC2. The number of hydrogen-bond acceptors (Lipinski definition) is 4. The highest BCUT2D eigenvalue weighted by atomic mass is 35.5. The molecule has 2 aromatic rings. The van der Waals surface area contributed by atoms with Crippen LogP contribution >= 0.6 is 22.9 Å². The molecule has 8 heteroatoms. The summed E-state index contributed by atoms with van der Waals surface area (Å²) in [6.45, 7) is 0. The highest BCUT2D eigenvalue weighted by Crippen LogP contribution is 2.40. The molecule has 1 saturated carbocycles. The van der Waals surface area contributed by atoms with Gasteiger partial charge in [-0.1, -0.05) is 24.4 Å². The van der Waals surface area contributed by atoms with E-state index in [0.29, 0.717) is 34.1 Å². The van der Waals surface area contributed by atoms with Crippen LogP contribution in [0.25, 0.3) is 0 Å². The standard InChI is InChI=1S/C22H24ClN3O3S/c23-12-8-10-13(11-9-12)25-21(29)18-16-6-3-7-17(16)30-22(18)26-20(28)15-5-2-1-4-14(15)19(24)27/h8-11,14-15H,1-7H2,(H2,24,27)(H,25,29)(H,26,28). The smallest absolute Gasteiger partial charge is 0.258 e. The minimum Gasteiger partial charge on any atom is -0.369 e. The van der Waals surface area contributed by atoms with Gasteiger partial charge in [0.2, 0.25) is 11.8 Å². The maximum Gasteiger partial charge on any atom is 0.258 e. The van der Waals surface area contributed by atoms with E-state index in [1.807, 2.05) is 0 Å². The second-order valence-corrected chi connectivity index (χ2v) is 9.45. The van der Waals surface area contributed by atoms with Crippen LogP contribution in [0, 0.1) is 11.8 Å². The van der Waals surface area contributed by atoms with E-state index in [1.54, 1.807) is 24.3 Å². The average Bonchev–Trinajstić information content (AvgIpc) is 3.30. The molecule has 1 aromatic heterocycles. The lowest BCUT2D eigenvalue weighted by Crippen LogP contribution is -2.39. The molecule has 6 nitrogen and oxygen atoms in total. The van der Waals surface area contributed by atoms with Crippen LogP contribution in [-0.2, 0) is 22.4 Å². The van der Waals surface area contributed by atoms with E-state index in [-0.39, 0.29) is 11.8 Å². The Balaban J connectivity index is 1.58. The molecule has 0 saturated heterocycles. The third kappa shape index (κ3) is 4.23. The van der Waals surface area contributed by atoms with Crippen molar-refractivity contribution in [3.63, 3.8) is 0 Å². The quantitative estimate of drug-likeness (QED) is 0.636. The van der Waals surface area contributed by atoms with Crippen LogP contribution in [0.1, 0.15) is 52.9 Å². The third-order valence-corrected chi connectivity index (χ3v) is 7.41. The lowest BCUT2D eigenvalue weighted by molar-refractivity contribution is -0.131. The van der Waals surface area contributed by atoms with Gasteiger partial charge in [-0.25, -0.2) is 0 Å². The number of thiophene rings is 1. The van der Waals surface area contributed by atoms with Gasteiger partial charge in [0, 0.05) is 27.4 Å². The Labute approximate surface area is 184 Å². The van der Waals surface area contributed by atoms with Crippen molar-refractivity contribution in [3.8, 4) is 0 Å². The molecule has 0 radical (unpaired) electrons. The van der Waals surface area contributed by atoms with Gasteiger partial charge in [0.1, 0.15) is 5.00 Å². The van der Waals surface area contributed by atoms with Crippen molar-refractivity contribution in [3.05, 3.63) is 45.3 Å². The number of carbonyl (C=O) groups excluding carboxylic acids is 3. The van der Waals surface area contributed by atoms with Gasteiger partial charge in [-0.05, 0) is 61.9 Å². The number of benzene rings is 1. The van der Waals surface area contributed by atoms with Gasteiger partial charge in [-0.2, -0.15) is 0 Å². The van der Waals surface area contributed by atoms with Crippen molar-refractivity contribution in [2.45, 2.75) is 44.9 Å². The number of rotatable bonds is 5. The largest absolute Gasteiger partial charge is 0.369 e. The summed E-state index contributed by atoms with van der Waals surface area (Å²) >= 11 is 7.39. The predicted molar refractivity (Wildman–Crippen MR) is 119 cm³/mol. The first-order valence-electron chi connectivity index (χ1n) is 10.3. The fourth-order valence-corrected chi connectivity index (χ4v) is 5.86. The molecule has 2 unspecified atom stereocenters. The van der Waals surface area contributed by atoms with Crippen LogP contribution in [-0.4, -0.2) is 17.7 Å². The van der Waals surface area contributed by atoms with Crippen molar-refractivity contribution in [1.29, 1.82) is 0 Å². The van der Waals surface area contributed by atoms with Crippen LogP contribution in [0.5, 0.6) is 0 Å². The zero-order valence-corrected chi connectivity index (χ0v) is 18.1. The lowest BCUT2D eigenvalue weighted by Gasteiger charge is -2.28. The first-order chi connectivity index (χ1) is 14.4. The van der Waals surface area contributed by atoms with E-state index in [1.165, 1.54) is 11.3 Å². The van der Waals surface area contributed by atoms with Gasteiger partial charge in [0.05, 0.1) is 5.56 Å². The summed E-state index contributed by atoms with van der Waals surface area (Å²) in [7, 11) is 0. The monoisotopic (exact) mass is 445 g/mol. The number of nitrogens with two attached hydrogens (primary N) is 1. The molecule has 0 aliphatic heterocycles. The Morgan fingerprint density at radius 3 is 2.37 bits per heavy atom. The highest BCUT2D eigenvalue weighted by Gasteiger charge is 2.36. The van der Waals surface area contributed by atoms with Crippen LogP contribution in [0.15, 0.2) is 24.3 Å². The van der Waals surface area contributed by atoms with Crippen LogP contribution in [0.4, 0.5) is 10.7 Å². The molecule has 2 aliphatic rings. The Morgan fingerprint density at radius 2 is 1.67 bits per heavy atom. The summed E-state index contributed by atoms with van der Waals surface area (Å²) in [6.07, 6.45) is 5.80. The Hall–Kier alpha value is -2.38. The zero-order valence-electron chi connectivity index (χ0n) is 16.5. The second-order valence-electron chi connectivity index (χ2n) is 7.91. The van der Waals surface area contributed by atoms with E-state index in [2.05, 4.69) is 10.6 Å². The van der Waals surface area contributed by atoms with E-state index in [9.17, 15) is 14.4 Å². The number of aryl methyl sites for hydroxylation is 1. The van der Waals surface area contributed by atoms with Gasteiger partial charge in [-0.3, -0.25) is 14.4 Å². The fourth-order valence-electron chi connectivity index (χ4n) is 4.45. The van der Waals surface area contributed by atoms with Gasteiger partial charge in [0.25, 0.3) is 5.91 Å². The summed E-state index contributed by atoms with van der Waals surface area (Å²) < 4.78 is 0. The van der Waals surface area contributed by atoms with E-state index in [0.717, 1.165) is 42.5 Å². The summed E-state index contributed by atoms with van der Waals surface area (Å²) in [5.41, 5.74) is 7.71. The Morgan fingerprint density at radius 1 is 0.967 bits per heavy atom. The number of halogens is 1. The highest BCUT2D eigenvalue weighted by molar-refractivity contribution is 7.17. The van der Waals surface area contributed by atoms with Crippen molar-refractivity contribution >= 4 is 51.3 Å². The number of nitrogens with one attached hydrogen (secondary N) is 2. The molecule has 1 aromatic carbocycles. The van der Waals surface area contributed by atoms with Gasteiger partial charge < -0.3 is 16.4 Å². The molecule has 158 valence electrons. The number of hydrogen-bond donors (Lipinski definition) is 3. The molecule has 2 aliphatic carbocycles. The molecule has 4 N–H and O–H groups in total. The molecule has 0 bridgehead atoms. The minimum absolute atomic E-state index is 0.223. The summed E-state index contributed by atoms with van der Waals surface area (Å²) in [4.78, 5) is 39.1. The van der Waals surface area contributed by atoms with Gasteiger partial charge in [-0.15, -0.1) is 11.3 Å². The van der Waals surface area contributed by atoms with Crippen molar-refractivity contribution in [2.75, 3.05) is 10.6 Å². The maximum atomic E-state index is 13.1. The van der Waals surface area contributed by atoms with Crippen LogP contribution < -0.4 is 16.4 Å². The second kappa shape index (κ2) is 8.78. The average molecular weight is 446 g/mol. The lowest BCUT2D eigenvalue weighted by atomic mass is 9.78. The first-order valence-corrected chi connectivity index (χ1v) is 11.4. The van der Waals surface area contributed by atoms with Crippen LogP contribution in [0.3, 0.4) is 0 Å². The number of primary amides is 1. The predicted octanol–water partition coefficient (Wildman–Crippen LogP) is 4.37. The Bertz CT molecular complexity index is 986.